The zero-order chi connectivity index (χ0) is 22.3. The fourth-order valence-corrected chi connectivity index (χ4v) is 3.67. The molecule has 4 aromatic rings. The number of fused-ring (bicyclic) bond motifs is 1. The third kappa shape index (κ3) is 5.21. The highest BCUT2D eigenvalue weighted by molar-refractivity contribution is 6.30. The largest absolute Gasteiger partial charge is 0.496 e. The molecule has 0 bridgehead atoms. The molecule has 0 saturated carbocycles. The van der Waals surface area contributed by atoms with Crippen LogP contribution in [0.2, 0.25) is 5.02 Å². The van der Waals surface area contributed by atoms with Gasteiger partial charge in [0.2, 0.25) is 0 Å². The van der Waals surface area contributed by atoms with Gasteiger partial charge in [-0.2, -0.15) is 0 Å². The number of amides is 1. The summed E-state index contributed by atoms with van der Waals surface area (Å²) in [4.78, 5) is 17.0. The van der Waals surface area contributed by atoms with Gasteiger partial charge in [-0.05, 0) is 42.5 Å². The van der Waals surface area contributed by atoms with E-state index in [1.165, 1.54) is 0 Å². The first-order valence-corrected chi connectivity index (χ1v) is 10.7. The van der Waals surface area contributed by atoms with E-state index >= 15 is 0 Å². The zero-order valence-corrected chi connectivity index (χ0v) is 18.5. The average molecular weight is 450 g/mol. The molecule has 0 spiro atoms. The summed E-state index contributed by atoms with van der Waals surface area (Å²) in [5.41, 5.74) is 3.04. The molecule has 7 heteroatoms. The van der Waals surface area contributed by atoms with Crippen LogP contribution in [0.25, 0.3) is 11.0 Å². The van der Waals surface area contributed by atoms with E-state index in [2.05, 4.69) is 16.0 Å². The van der Waals surface area contributed by atoms with Crippen LogP contribution in [0.15, 0.2) is 72.8 Å². The van der Waals surface area contributed by atoms with Crippen LogP contribution in [-0.4, -0.2) is 35.7 Å². The quantitative estimate of drug-likeness (QED) is 0.409. The first kappa shape index (κ1) is 21.7. The number of hydrogen-bond acceptors (Lipinski definition) is 4. The van der Waals surface area contributed by atoms with Crippen molar-refractivity contribution in [3.05, 3.63) is 89.2 Å². The Morgan fingerprint density at radius 2 is 1.78 bits per heavy atom. The van der Waals surface area contributed by atoms with Crippen LogP contribution in [0.5, 0.6) is 11.5 Å². The van der Waals surface area contributed by atoms with Gasteiger partial charge in [-0.3, -0.25) is 4.79 Å². The molecule has 1 aromatic heterocycles. The van der Waals surface area contributed by atoms with Crippen molar-refractivity contribution in [1.29, 1.82) is 0 Å². The Labute approximate surface area is 191 Å². The molecule has 1 amide bonds. The number of imidazole rings is 1. The number of nitrogens with zero attached hydrogens (tertiary/aromatic N) is 2. The molecule has 0 unspecified atom stereocenters. The molecule has 0 aliphatic rings. The lowest BCUT2D eigenvalue weighted by Crippen LogP contribution is -2.31. The molecule has 164 valence electrons. The first-order valence-electron chi connectivity index (χ1n) is 10.3. The topological polar surface area (TPSA) is 65.4 Å². The van der Waals surface area contributed by atoms with E-state index in [4.69, 9.17) is 26.1 Å². The molecule has 32 heavy (non-hydrogen) atoms. The highest BCUT2D eigenvalue weighted by Crippen LogP contribution is 2.23. The summed E-state index contributed by atoms with van der Waals surface area (Å²) >= 11 is 5.86. The van der Waals surface area contributed by atoms with Gasteiger partial charge in [0.15, 0.2) is 6.61 Å². The number of carbonyl (C=O) groups excluding carboxylic acids is 1. The fraction of sp³-hybridized carbons (Fsp3) is 0.200. The summed E-state index contributed by atoms with van der Waals surface area (Å²) in [6.45, 7) is 1.03. The van der Waals surface area contributed by atoms with Crippen LogP contribution in [0, 0.1) is 0 Å². The van der Waals surface area contributed by atoms with Gasteiger partial charge in [0, 0.05) is 23.6 Å². The second-order valence-electron chi connectivity index (χ2n) is 7.26. The summed E-state index contributed by atoms with van der Waals surface area (Å²) in [6, 6.07) is 22.9. The van der Waals surface area contributed by atoms with Crippen molar-refractivity contribution in [3.63, 3.8) is 0 Å². The van der Waals surface area contributed by atoms with Gasteiger partial charge < -0.3 is 19.4 Å². The molecular weight excluding hydrogens is 426 g/mol. The van der Waals surface area contributed by atoms with Crippen molar-refractivity contribution in [2.24, 2.45) is 0 Å². The number of para-hydroxylation sites is 3. The lowest BCUT2D eigenvalue weighted by molar-refractivity contribution is -0.123. The number of nitrogens with one attached hydrogen (secondary N) is 1. The van der Waals surface area contributed by atoms with Crippen molar-refractivity contribution < 1.29 is 14.3 Å². The van der Waals surface area contributed by atoms with E-state index in [1.54, 1.807) is 31.4 Å². The maximum Gasteiger partial charge on any atom is 0.257 e. The van der Waals surface area contributed by atoms with Crippen LogP contribution in [0.1, 0.15) is 11.4 Å². The highest BCUT2D eigenvalue weighted by Gasteiger charge is 2.13. The van der Waals surface area contributed by atoms with E-state index in [1.807, 2.05) is 42.5 Å². The Bertz CT molecular complexity index is 1200. The maximum absolute atomic E-state index is 12.2. The number of ether oxygens (including phenoxy) is 2. The monoisotopic (exact) mass is 449 g/mol. The van der Waals surface area contributed by atoms with Crippen LogP contribution >= 0.6 is 11.6 Å². The van der Waals surface area contributed by atoms with Crippen molar-refractivity contribution in [2.75, 3.05) is 20.3 Å². The van der Waals surface area contributed by atoms with Crippen molar-refractivity contribution in [1.82, 2.24) is 14.9 Å². The average Bonchev–Trinajstić information content (AvgIpc) is 3.16. The van der Waals surface area contributed by atoms with Gasteiger partial charge in [0.25, 0.3) is 5.91 Å². The number of hydrogen-bond donors (Lipinski definition) is 1. The third-order valence-electron chi connectivity index (χ3n) is 5.11. The molecular formula is C25H24ClN3O3. The zero-order valence-electron chi connectivity index (χ0n) is 17.8. The predicted octanol–water partition coefficient (Wildman–Crippen LogP) is 4.48. The molecule has 3 aromatic carbocycles. The number of aromatic nitrogens is 2. The molecule has 1 N–H and O–H groups in total. The predicted molar refractivity (Wildman–Crippen MR) is 125 cm³/mol. The number of carbonyl (C=O) groups is 1. The molecule has 6 nitrogen and oxygen atoms in total. The maximum atomic E-state index is 12.2. The van der Waals surface area contributed by atoms with E-state index in [9.17, 15) is 4.79 Å². The van der Waals surface area contributed by atoms with E-state index in [0.29, 0.717) is 30.3 Å². The Morgan fingerprint density at radius 1 is 1.03 bits per heavy atom. The van der Waals surface area contributed by atoms with Crippen LogP contribution in [-0.2, 0) is 17.8 Å². The highest BCUT2D eigenvalue weighted by atomic mass is 35.5. The minimum absolute atomic E-state index is 0.0563. The van der Waals surface area contributed by atoms with Gasteiger partial charge in [-0.1, -0.05) is 41.9 Å². The lowest BCUT2D eigenvalue weighted by atomic mass is 10.2. The van der Waals surface area contributed by atoms with Crippen molar-refractivity contribution in [3.8, 4) is 11.5 Å². The molecule has 0 aliphatic heterocycles. The Kier molecular flexibility index (Phi) is 6.92. The Hall–Kier alpha value is -3.51. The number of methoxy groups -OCH3 is 1. The minimum atomic E-state index is -0.188. The van der Waals surface area contributed by atoms with Crippen LogP contribution in [0.4, 0.5) is 0 Å². The summed E-state index contributed by atoms with van der Waals surface area (Å²) < 4.78 is 13.2. The standard InChI is InChI=1S/C25H24ClN3O3/c1-31-23-9-5-2-6-18(23)16-29-22-8-4-3-7-21(22)28-24(29)14-15-27-25(30)17-32-20-12-10-19(26)11-13-20/h2-13H,14-17H2,1H3,(H,27,30). The number of benzene rings is 3. The van der Waals surface area contributed by atoms with E-state index < -0.39 is 0 Å². The Balaban J connectivity index is 1.42. The molecule has 0 fully saturated rings. The first-order chi connectivity index (χ1) is 15.6. The molecule has 4 rings (SSSR count). The van der Waals surface area contributed by atoms with Gasteiger partial charge in [-0.25, -0.2) is 4.98 Å². The second kappa shape index (κ2) is 10.2. The van der Waals surface area contributed by atoms with Gasteiger partial charge in [0.1, 0.15) is 17.3 Å². The van der Waals surface area contributed by atoms with E-state index in [-0.39, 0.29) is 12.5 Å². The van der Waals surface area contributed by atoms with Crippen LogP contribution < -0.4 is 14.8 Å². The second-order valence-corrected chi connectivity index (χ2v) is 7.69. The van der Waals surface area contributed by atoms with Gasteiger partial charge in [-0.15, -0.1) is 0 Å². The number of rotatable bonds is 9. The van der Waals surface area contributed by atoms with Crippen molar-refractivity contribution in [2.45, 2.75) is 13.0 Å². The molecule has 0 saturated heterocycles. The van der Waals surface area contributed by atoms with Gasteiger partial charge >= 0.3 is 0 Å². The summed E-state index contributed by atoms with van der Waals surface area (Å²) in [5.74, 6) is 2.15. The normalized spacial score (nSPS) is 10.8. The smallest absolute Gasteiger partial charge is 0.257 e. The fourth-order valence-electron chi connectivity index (χ4n) is 3.54. The summed E-state index contributed by atoms with van der Waals surface area (Å²) in [5, 5.41) is 3.53. The van der Waals surface area contributed by atoms with Gasteiger partial charge in [0.05, 0.1) is 24.7 Å². The molecule has 1 heterocycles. The SMILES string of the molecule is COc1ccccc1Cn1c(CCNC(=O)COc2ccc(Cl)cc2)nc2ccccc21. The number of halogens is 1. The molecule has 0 atom stereocenters. The summed E-state index contributed by atoms with van der Waals surface area (Å²) in [6.07, 6.45) is 0.594. The third-order valence-corrected chi connectivity index (χ3v) is 5.36. The summed E-state index contributed by atoms with van der Waals surface area (Å²) in [7, 11) is 1.67. The Morgan fingerprint density at radius 3 is 2.59 bits per heavy atom. The minimum Gasteiger partial charge on any atom is -0.496 e. The molecule has 0 radical (unpaired) electrons. The van der Waals surface area contributed by atoms with Crippen LogP contribution in [0.3, 0.4) is 0 Å². The molecule has 0 aliphatic carbocycles. The lowest BCUT2D eigenvalue weighted by Gasteiger charge is -2.13. The van der Waals surface area contributed by atoms with Crippen molar-refractivity contribution >= 4 is 28.5 Å². The van der Waals surface area contributed by atoms with E-state index in [0.717, 1.165) is 28.2 Å².